The molecular formula is C8H16N2O3S2. The van der Waals surface area contributed by atoms with Gasteiger partial charge in [0.05, 0.1) is 17.5 Å². The summed E-state index contributed by atoms with van der Waals surface area (Å²) in [5.74, 6) is 0.231. The summed E-state index contributed by atoms with van der Waals surface area (Å²) < 4.78 is 22.4. The number of hydrogen-bond acceptors (Lipinski definition) is 5. The summed E-state index contributed by atoms with van der Waals surface area (Å²) in [6.45, 7) is 0. The number of rotatable bonds is 3. The van der Waals surface area contributed by atoms with Crippen molar-refractivity contribution < 1.29 is 13.2 Å². The quantitative estimate of drug-likeness (QED) is 0.624. The molecule has 2 N–H and O–H groups in total. The molecule has 1 heterocycles. The van der Waals surface area contributed by atoms with E-state index < -0.39 is 15.9 Å². The van der Waals surface area contributed by atoms with Crippen LogP contribution in [0.1, 0.15) is 6.42 Å². The molecule has 1 saturated heterocycles. The second-order valence-corrected chi connectivity index (χ2v) is 6.39. The molecule has 5 nitrogen and oxygen atoms in total. The number of nitrogens with two attached hydrogens (primary N) is 1. The van der Waals surface area contributed by atoms with Gasteiger partial charge in [-0.1, -0.05) is 0 Å². The topological polar surface area (TPSA) is 80.5 Å². The molecule has 0 aliphatic carbocycles. The van der Waals surface area contributed by atoms with Crippen molar-refractivity contribution in [3.05, 3.63) is 0 Å². The Bertz CT molecular complexity index is 342. The lowest BCUT2D eigenvalue weighted by Gasteiger charge is -2.25. The van der Waals surface area contributed by atoms with Gasteiger partial charge in [0, 0.05) is 18.8 Å². The van der Waals surface area contributed by atoms with Crippen LogP contribution in [-0.4, -0.2) is 55.6 Å². The van der Waals surface area contributed by atoms with Crippen molar-refractivity contribution in [2.45, 2.75) is 18.5 Å². The van der Waals surface area contributed by atoms with Crippen molar-refractivity contribution in [3.63, 3.8) is 0 Å². The second-order valence-electron chi connectivity index (χ2n) is 3.80. The minimum atomic E-state index is -2.96. The maximum atomic E-state index is 11.6. The van der Waals surface area contributed by atoms with Gasteiger partial charge in [0.2, 0.25) is 5.91 Å². The summed E-state index contributed by atoms with van der Waals surface area (Å²) in [5.41, 5.74) is 5.54. The zero-order valence-corrected chi connectivity index (χ0v) is 10.3. The van der Waals surface area contributed by atoms with E-state index in [1.165, 1.54) is 4.90 Å². The molecule has 15 heavy (non-hydrogen) atoms. The van der Waals surface area contributed by atoms with Crippen LogP contribution in [-0.2, 0) is 14.6 Å². The lowest BCUT2D eigenvalue weighted by molar-refractivity contribution is -0.132. The van der Waals surface area contributed by atoms with Gasteiger partial charge < -0.3 is 10.6 Å². The molecule has 0 aromatic carbocycles. The summed E-state index contributed by atoms with van der Waals surface area (Å²) in [6, 6.07) is -0.880. The van der Waals surface area contributed by atoms with Crippen molar-refractivity contribution >= 4 is 28.4 Å². The van der Waals surface area contributed by atoms with Crippen LogP contribution >= 0.6 is 12.6 Å². The fourth-order valence-corrected chi connectivity index (χ4v) is 3.53. The average molecular weight is 252 g/mol. The first-order chi connectivity index (χ1) is 6.87. The van der Waals surface area contributed by atoms with Crippen LogP contribution in [0.2, 0.25) is 0 Å². The molecule has 0 bridgehead atoms. The molecule has 0 spiro atoms. The van der Waals surface area contributed by atoms with Crippen LogP contribution in [0.3, 0.4) is 0 Å². The summed E-state index contributed by atoms with van der Waals surface area (Å²) in [7, 11) is -1.37. The maximum Gasteiger partial charge on any atom is 0.240 e. The van der Waals surface area contributed by atoms with Crippen LogP contribution < -0.4 is 5.73 Å². The van der Waals surface area contributed by atoms with E-state index in [0.717, 1.165) is 0 Å². The van der Waals surface area contributed by atoms with E-state index in [1.54, 1.807) is 7.05 Å². The molecule has 1 aliphatic heterocycles. The van der Waals surface area contributed by atoms with Crippen molar-refractivity contribution in [1.29, 1.82) is 0 Å². The van der Waals surface area contributed by atoms with Crippen LogP contribution in [0.5, 0.6) is 0 Å². The molecule has 0 radical (unpaired) electrons. The van der Waals surface area contributed by atoms with Gasteiger partial charge in [-0.25, -0.2) is 8.42 Å². The SMILES string of the molecule is CN(C(=O)C(N)CS)C1CCS(=O)(=O)C1. The van der Waals surface area contributed by atoms with E-state index in [9.17, 15) is 13.2 Å². The van der Waals surface area contributed by atoms with Crippen molar-refractivity contribution in [1.82, 2.24) is 4.90 Å². The van der Waals surface area contributed by atoms with Crippen molar-refractivity contribution in [2.24, 2.45) is 5.73 Å². The standard InChI is InChI=1S/C8H16N2O3S2/c1-10(8(11)7(9)4-14)6-2-3-15(12,13)5-6/h6-7,14H,2-5,9H2,1H3. The third-order valence-electron chi connectivity index (χ3n) is 2.62. The largest absolute Gasteiger partial charge is 0.340 e. The van der Waals surface area contributed by atoms with Crippen molar-refractivity contribution in [2.75, 3.05) is 24.3 Å². The molecule has 1 aliphatic rings. The fraction of sp³-hybridized carbons (Fsp3) is 0.875. The van der Waals surface area contributed by atoms with Crippen LogP contribution in [0.25, 0.3) is 0 Å². The van der Waals surface area contributed by atoms with Crippen LogP contribution in [0.4, 0.5) is 0 Å². The number of nitrogens with zero attached hydrogens (tertiary/aromatic N) is 1. The van der Waals surface area contributed by atoms with Gasteiger partial charge in [-0.05, 0) is 6.42 Å². The number of amides is 1. The van der Waals surface area contributed by atoms with Gasteiger partial charge in [-0.2, -0.15) is 12.6 Å². The molecule has 88 valence electrons. The first-order valence-corrected chi connectivity index (χ1v) is 7.16. The van der Waals surface area contributed by atoms with Gasteiger partial charge in [0.15, 0.2) is 9.84 Å². The summed E-state index contributed by atoms with van der Waals surface area (Å²) in [5, 5.41) is 0. The molecule has 7 heteroatoms. The highest BCUT2D eigenvalue weighted by molar-refractivity contribution is 7.91. The smallest absolute Gasteiger partial charge is 0.240 e. The Balaban J connectivity index is 2.63. The number of carbonyl (C=O) groups is 1. The van der Waals surface area contributed by atoms with Gasteiger partial charge >= 0.3 is 0 Å². The summed E-state index contributed by atoms with van der Waals surface area (Å²) in [6.07, 6.45) is 0.504. The highest BCUT2D eigenvalue weighted by Gasteiger charge is 2.33. The molecule has 1 fully saturated rings. The van der Waals surface area contributed by atoms with E-state index >= 15 is 0 Å². The Morgan fingerprint density at radius 1 is 1.67 bits per heavy atom. The number of thiol groups is 1. The number of carbonyl (C=O) groups excluding carboxylic acids is 1. The van der Waals surface area contributed by atoms with Gasteiger partial charge in [0.25, 0.3) is 0 Å². The summed E-state index contributed by atoms with van der Waals surface area (Å²) in [4.78, 5) is 13.1. The van der Waals surface area contributed by atoms with E-state index in [0.29, 0.717) is 6.42 Å². The van der Waals surface area contributed by atoms with E-state index in [1.807, 2.05) is 0 Å². The van der Waals surface area contributed by atoms with Gasteiger partial charge in [-0.15, -0.1) is 0 Å². The first-order valence-electron chi connectivity index (χ1n) is 4.71. The molecule has 1 rings (SSSR count). The zero-order chi connectivity index (χ0) is 11.6. The molecule has 0 saturated carbocycles. The van der Waals surface area contributed by atoms with Gasteiger partial charge in [0.1, 0.15) is 0 Å². The van der Waals surface area contributed by atoms with Crippen LogP contribution in [0.15, 0.2) is 0 Å². The average Bonchev–Trinajstić information content (AvgIpc) is 2.55. The zero-order valence-electron chi connectivity index (χ0n) is 8.59. The predicted octanol–water partition coefficient (Wildman–Crippen LogP) is -1.11. The monoisotopic (exact) mass is 252 g/mol. The third-order valence-corrected chi connectivity index (χ3v) is 4.76. The number of sulfone groups is 1. The van der Waals surface area contributed by atoms with Crippen molar-refractivity contribution in [3.8, 4) is 0 Å². The second kappa shape index (κ2) is 4.71. The normalized spacial score (nSPS) is 26.2. The Labute approximate surface area is 95.3 Å². The predicted molar refractivity (Wildman–Crippen MR) is 61.7 cm³/mol. The fourth-order valence-electron chi connectivity index (χ4n) is 1.60. The first kappa shape index (κ1) is 12.8. The van der Waals surface area contributed by atoms with E-state index in [-0.39, 0.29) is 29.2 Å². The molecule has 1 amide bonds. The summed E-state index contributed by atoms with van der Waals surface area (Å²) >= 11 is 3.94. The number of likely N-dealkylation sites (N-methyl/N-ethyl adjacent to an activating group) is 1. The molecule has 0 aromatic rings. The minimum absolute atomic E-state index is 0.0501. The molecule has 0 aromatic heterocycles. The lowest BCUT2D eigenvalue weighted by Crippen LogP contribution is -2.47. The third kappa shape index (κ3) is 3.09. The Morgan fingerprint density at radius 3 is 2.67 bits per heavy atom. The van der Waals surface area contributed by atoms with Gasteiger partial charge in [-0.3, -0.25) is 4.79 Å². The van der Waals surface area contributed by atoms with E-state index in [4.69, 9.17) is 5.73 Å². The number of hydrogen-bond donors (Lipinski definition) is 2. The highest BCUT2D eigenvalue weighted by atomic mass is 32.2. The Morgan fingerprint density at radius 2 is 2.27 bits per heavy atom. The maximum absolute atomic E-state index is 11.6. The highest BCUT2D eigenvalue weighted by Crippen LogP contribution is 2.16. The van der Waals surface area contributed by atoms with E-state index in [2.05, 4.69) is 12.6 Å². The molecule has 2 atom stereocenters. The van der Waals surface area contributed by atoms with Crippen LogP contribution in [0, 0.1) is 0 Å². The molecule has 2 unspecified atom stereocenters. The molecular weight excluding hydrogens is 236 g/mol. The lowest BCUT2D eigenvalue weighted by atomic mass is 10.2. The Kier molecular flexibility index (Phi) is 4.02. The Hall–Kier alpha value is -0.270. The minimum Gasteiger partial charge on any atom is -0.340 e.